The quantitative estimate of drug-likeness (QED) is 0.261. The summed E-state index contributed by atoms with van der Waals surface area (Å²) in [5.74, 6) is 4.74. The van der Waals surface area contributed by atoms with Gasteiger partial charge in [0.1, 0.15) is 11.7 Å². The predicted octanol–water partition coefficient (Wildman–Crippen LogP) is 10.3. The van der Waals surface area contributed by atoms with E-state index >= 15 is 0 Å². The molecule has 0 amide bonds. The van der Waals surface area contributed by atoms with Gasteiger partial charge in [-0.05, 0) is 167 Å². The van der Waals surface area contributed by atoms with Crippen LogP contribution in [0.4, 0.5) is 0 Å². The zero-order chi connectivity index (χ0) is 32.1. The first kappa shape index (κ1) is 32.0. The maximum absolute atomic E-state index is 13.0. The van der Waals surface area contributed by atoms with Gasteiger partial charge in [-0.15, -0.1) is 0 Å². The van der Waals surface area contributed by atoms with Crippen molar-refractivity contribution in [2.75, 3.05) is 0 Å². The lowest BCUT2D eigenvalue weighted by molar-refractivity contribution is -0.149. The minimum Gasteiger partial charge on any atom is -0.458 e. The van der Waals surface area contributed by atoms with Gasteiger partial charge < -0.3 is 9.47 Å². The summed E-state index contributed by atoms with van der Waals surface area (Å²) >= 11 is 0. The van der Waals surface area contributed by atoms with Crippen molar-refractivity contribution in [3.63, 3.8) is 0 Å². The molecule has 0 spiro atoms. The summed E-state index contributed by atoms with van der Waals surface area (Å²) in [7, 11) is 0. The highest BCUT2D eigenvalue weighted by Crippen LogP contribution is 2.69. The molecule has 0 N–H and O–H groups in total. The molecule has 0 bridgehead atoms. The second-order valence-corrected chi connectivity index (χ2v) is 17.0. The lowest BCUT2D eigenvalue weighted by atomic mass is 9.43. The molecule has 0 aromatic heterocycles. The van der Waals surface area contributed by atoms with Gasteiger partial charge in [-0.2, -0.15) is 0 Å². The Bertz CT molecular complexity index is 1380. The second kappa shape index (κ2) is 12.4. The smallest absolute Gasteiger partial charge is 0.338 e. The van der Waals surface area contributed by atoms with E-state index in [1.807, 2.05) is 60.7 Å². The maximum atomic E-state index is 13.0. The SMILES string of the molecule is C[C@H](CC[C@H](OC(=O)c1ccccc1)C1CC1)C1CC[C@H]2[C@@H]3CC[C@H]4C[C@@](C)(OC(=O)c5ccccc5)CC[C@]4(C)C3CC[C@]12C. The number of hydrogen-bond donors (Lipinski definition) is 0. The van der Waals surface area contributed by atoms with Crippen molar-refractivity contribution in [2.45, 2.75) is 123 Å². The topological polar surface area (TPSA) is 52.6 Å². The third-order valence-corrected chi connectivity index (χ3v) is 14.4. The lowest BCUT2D eigenvalue weighted by Gasteiger charge is -2.62. The van der Waals surface area contributed by atoms with Crippen LogP contribution < -0.4 is 0 Å². The third-order valence-electron chi connectivity index (χ3n) is 14.4. The van der Waals surface area contributed by atoms with E-state index in [0.29, 0.717) is 39.7 Å². The Kier molecular flexibility index (Phi) is 8.64. The van der Waals surface area contributed by atoms with E-state index in [4.69, 9.17) is 9.47 Å². The van der Waals surface area contributed by atoms with Crippen LogP contribution in [0.15, 0.2) is 60.7 Å². The molecular formula is C42H56O4. The van der Waals surface area contributed by atoms with E-state index in [1.165, 1.54) is 57.8 Å². The first-order valence-corrected chi connectivity index (χ1v) is 18.6. The standard InChI is InChI=1S/C42H56O4/c1-28(15-22-37(29-16-17-29)45-38(43)30-11-7-5-8-12-30)34-20-21-35-33-19-18-32-27-40(2,46-39(44)31-13-9-6-10-14-31)25-26-41(32,3)36(33)23-24-42(34,35)4/h5-14,28-29,32-37H,15-27H2,1-4H3/t28-,32+,33+,34?,35+,36?,37+,40+,41+,42-/m1/s1. The molecule has 2 aromatic rings. The molecule has 46 heavy (non-hydrogen) atoms. The predicted molar refractivity (Wildman–Crippen MR) is 182 cm³/mol. The summed E-state index contributed by atoms with van der Waals surface area (Å²) in [4.78, 5) is 25.9. The Morgan fingerprint density at radius 1 is 0.717 bits per heavy atom. The highest BCUT2D eigenvalue weighted by atomic mass is 16.6. The van der Waals surface area contributed by atoms with Crippen molar-refractivity contribution in [2.24, 2.45) is 52.3 Å². The van der Waals surface area contributed by atoms with E-state index in [9.17, 15) is 9.59 Å². The zero-order valence-corrected chi connectivity index (χ0v) is 28.7. The van der Waals surface area contributed by atoms with Crippen molar-refractivity contribution in [1.82, 2.24) is 0 Å². The summed E-state index contributed by atoms with van der Waals surface area (Å²) in [5.41, 5.74) is 1.74. The molecule has 0 radical (unpaired) electrons. The summed E-state index contributed by atoms with van der Waals surface area (Å²) in [6.45, 7) is 9.96. The number of rotatable bonds is 9. The lowest BCUT2D eigenvalue weighted by Crippen LogP contribution is -2.56. The summed E-state index contributed by atoms with van der Waals surface area (Å²) < 4.78 is 12.4. The molecule has 2 unspecified atom stereocenters. The Morgan fingerprint density at radius 3 is 2.04 bits per heavy atom. The third kappa shape index (κ3) is 5.96. The van der Waals surface area contributed by atoms with Crippen molar-refractivity contribution in [1.29, 1.82) is 0 Å². The molecule has 10 atom stereocenters. The van der Waals surface area contributed by atoms with Crippen LogP contribution in [0.1, 0.15) is 132 Å². The van der Waals surface area contributed by atoms with E-state index in [-0.39, 0.29) is 23.6 Å². The van der Waals surface area contributed by atoms with Gasteiger partial charge in [0.2, 0.25) is 0 Å². The summed E-state index contributed by atoms with van der Waals surface area (Å²) in [5, 5.41) is 0. The van der Waals surface area contributed by atoms with Crippen molar-refractivity contribution in [3.05, 3.63) is 71.8 Å². The van der Waals surface area contributed by atoms with Crippen molar-refractivity contribution in [3.8, 4) is 0 Å². The Hall–Kier alpha value is -2.62. The van der Waals surface area contributed by atoms with Crippen LogP contribution in [-0.4, -0.2) is 23.6 Å². The average molecular weight is 625 g/mol. The van der Waals surface area contributed by atoms with Crippen LogP contribution in [0.3, 0.4) is 0 Å². The van der Waals surface area contributed by atoms with Crippen molar-refractivity contribution >= 4 is 11.9 Å². The Morgan fingerprint density at radius 2 is 1.37 bits per heavy atom. The first-order valence-electron chi connectivity index (χ1n) is 18.6. The number of fused-ring (bicyclic) bond motifs is 5. The molecule has 248 valence electrons. The molecule has 0 saturated heterocycles. The van der Waals surface area contributed by atoms with E-state index < -0.39 is 0 Å². The molecule has 0 heterocycles. The van der Waals surface area contributed by atoms with Crippen LogP contribution in [0.25, 0.3) is 0 Å². The highest BCUT2D eigenvalue weighted by Gasteiger charge is 2.61. The molecule has 5 aliphatic rings. The molecule has 5 aliphatic carbocycles. The molecule has 5 saturated carbocycles. The fraction of sp³-hybridized carbons (Fsp3) is 0.667. The Labute approximate surface area is 277 Å². The van der Waals surface area contributed by atoms with Crippen LogP contribution >= 0.6 is 0 Å². The fourth-order valence-corrected chi connectivity index (χ4v) is 11.6. The number of carbonyl (C=O) groups is 2. The average Bonchev–Trinajstić information content (AvgIpc) is 3.84. The molecular weight excluding hydrogens is 568 g/mol. The Balaban J connectivity index is 0.973. The monoisotopic (exact) mass is 624 g/mol. The number of benzene rings is 2. The van der Waals surface area contributed by atoms with Gasteiger partial charge in [0.05, 0.1) is 11.1 Å². The van der Waals surface area contributed by atoms with Crippen LogP contribution in [-0.2, 0) is 9.47 Å². The van der Waals surface area contributed by atoms with E-state index in [1.54, 1.807) is 0 Å². The van der Waals surface area contributed by atoms with Gasteiger partial charge in [0.15, 0.2) is 0 Å². The van der Waals surface area contributed by atoms with Crippen molar-refractivity contribution < 1.29 is 19.1 Å². The van der Waals surface area contributed by atoms with Crippen LogP contribution in [0, 0.1) is 52.3 Å². The van der Waals surface area contributed by atoms with Crippen LogP contribution in [0.5, 0.6) is 0 Å². The fourth-order valence-electron chi connectivity index (χ4n) is 11.6. The molecule has 2 aromatic carbocycles. The van der Waals surface area contributed by atoms with Gasteiger partial charge in [0, 0.05) is 0 Å². The molecule has 0 aliphatic heterocycles. The van der Waals surface area contributed by atoms with E-state index in [2.05, 4.69) is 27.7 Å². The van der Waals surface area contributed by atoms with Gasteiger partial charge in [-0.25, -0.2) is 9.59 Å². The number of carbonyl (C=O) groups excluding carboxylic acids is 2. The summed E-state index contributed by atoms with van der Waals surface area (Å²) in [6.07, 6.45) is 15.8. The normalized spacial score (nSPS) is 38.0. The number of hydrogen-bond acceptors (Lipinski definition) is 4. The van der Waals surface area contributed by atoms with Gasteiger partial charge in [0.25, 0.3) is 0 Å². The number of ether oxygens (including phenoxy) is 2. The highest BCUT2D eigenvalue weighted by molar-refractivity contribution is 5.90. The van der Waals surface area contributed by atoms with Crippen LogP contribution in [0.2, 0.25) is 0 Å². The number of esters is 2. The minimum atomic E-state index is -0.366. The molecule has 7 rings (SSSR count). The van der Waals surface area contributed by atoms with Gasteiger partial charge >= 0.3 is 11.9 Å². The summed E-state index contributed by atoms with van der Waals surface area (Å²) in [6, 6.07) is 19.0. The van der Waals surface area contributed by atoms with Gasteiger partial charge in [-0.1, -0.05) is 57.2 Å². The maximum Gasteiger partial charge on any atom is 0.338 e. The van der Waals surface area contributed by atoms with E-state index in [0.717, 1.165) is 49.4 Å². The largest absolute Gasteiger partial charge is 0.458 e. The molecule has 5 fully saturated rings. The molecule has 4 nitrogen and oxygen atoms in total. The second-order valence-electron chi connectivity index (χ2n) is 17.0. The molecule has 4 heteroatoms. The first-order chi connectivity index (χ1) is 22.1. The zero-order valence-electron chi connectivity index (χ0n) is 28.7. The minimum absolute atomic E-state index is 0.0649. The van der Waals surface area contributed by atoms with Gasteiger partial charge in [-0.3, -0.25) is 0 Å².